The zero-order chi connectivity index (χ0) is 13.1. The van der Waals surface area contributed by atoms with E-state index < -0.39 is 16.3 Å². The number of hydrogen-bond acceptors (Lipinski definition) is 3. The van der Waals surface area contributed by atoms with Gasteiger partial charge >= 0.3 is 0 Å². The molecule has 0 atom stereocenters. The van der Waals surface area contributed by atoms with Crippen LogP contribution in [0.15, 0.2) is 18.2 Å². The topological polar surface area (TPSA) is 55.2 Å². The largest absolute Gasteiger partial charge is 0.298 e. The molecule has 1 aromatic carbocycles. The summed E-state index contributed by atoms with van der Waals surface area (Å²) in [4.78, 5) is 9.92. The Bertz CT molecular complexity index is 478. The monoisotopic (exact) mass is 236 g/mol. The van der Waals surface area contributed by atoms with E-state index in [0.717, 1.165) is 6.07 Å². The van der Waals surface area contributed by atoms with E-state index in [4.69, 9.17) is 6.42 Å². The molecule has 0 spiro atoms. The summed E-state index contributed by atoms with van der Waals surface area (Å²) in [5.41, 5.74) is -0.318. The Morgan fingerprint density at radius 2 is 2.18 bits per heavy atom. The fraction of sp³-hybridized carbons (Fsp3) is 0.333. The number of halogens is 1. The second-order valence-corrected chi connectivity index (χ2v) is 4.20. The summed E-state index contributed by atoms with van der Waals surface area (Å²) in [5, 5.41) is 13.5. The van der Waals surface area contributed by atoms with Crippen LogP contribution in [0.1, 0.15) is 19.4 Å². The number of non-ortho nitro benzene ring substituents is 1. The Kier molecular flexibility index (Phi) is 3.81. The first-order valence-corrected chi connectivity index (χ1v) is 5.01. The molecule has 0 aliphatic carbocycles. The number of nitrogens with zero attached hydrogens (tertiary/aromatic N) is 1. The van der Waals surface area contributed by atoms with Gasteiger partial charge in [0.1, 0.15) is 5.82 Å². The Hall–Kier alpha value is -1.93. The minimum Gasteiger partial charge on any atom is -0.298 e. The van der Waals surface area contributed by atoms with Crippen molar-refractivity contribution < 1.29 is 9.31 Å². The van der Waals surface area contributed by atoms with Crippen LogP contribution in [-0.4, -0.2) is 10.5 Å². The van der Waals surface area contributed by atoms with Crippen molar-refractivity contribution in [1.82, 2.24) is 5.32 Å². The first-order valence-electron chi connectivity index (χ1n) is 5.01. The van der Waals surface area contributed by atoms with Crippen LogP contribution in [-0.2, 0) is 6.54 Å². The summed E-state index contributed by atoms with van der Waals surface area (Å²) in [6, 6.07) is 3.45. The van der Waals surface area contributed by atoms with Crippen LogP contribution in [0.5, 0.6) is 0 Å². The van der Waals surface area contributed by atoms with Gasteiger partial charge in [-0.15, -0.1) is 6.42 Å². The van der Waals surface area contributed by atoms with E-state index in [2.05, 4.69) is 11.2 Å². The predicted molar refractivity (Wildman–Crippen MR) is 62.8 cm³/mol. The van der Waals surface area contributed by atoms with E-state index in [1.54, 1.807) is 13.8 Å². The van der Waals surface area contributed by atoms with Crippen molar-refractivity contribution >= 4 is 5.69 Å². The van der Waals surface area contributed by atoms with Crippen molar-refractivity contribution in [3.8, 4) is 12.3 Å². The molecular formula is C12H13FN2O2. The lowest BCUT2D eigenvalue weighted by Gasteiger charge is -2.19. The van der Waals surface area contributed by atoms with E-state index >= 15 is 0 Å². The number of benzene rings is 1. The molecule has 1 rings (SSSR count). The highest BCUT2D eigenvalue weighted by atomic mass is 19.1. The minimum atomic E-state index is -0.630. The Morgan fingerprint density at radius 1 is 1.53 bits per heavy atom. The molecule has 5 heteroatoms. The van der Waals surface area contributed by atoms with Gasteiger partial charge in [0, 0.05) is 12.6 Å². The SMILES string of the molecule is C#CC(C)(C)NCc1cc(F)cc([N+](=O)[O-])c1. The average molecular weight is 236 g/mol. The van der Waals surface area contributed by atoms with Crippen LogP contribution in [0, 0.1) is 28.3 Å². The van der Waals surface area contributed by atoms with Gasteiger partial charge in [0.25, 0.3) is 5.69 Å². The highest BCUT2D eigenvalue weighted by molar-refractivity contribution is 5.35. The van der Waals surface area contributed by atoms with Crippen molar-refractivity contribution in [1.29, 1.82) is 0 Å². The second-order valence-electron chi connectivity index (χ2n) is 4.20. The molecule has 0 aliphatic heterocycles. The van der Waals surface area contributed by atoms with Crippen molar-refractivity contribution in [3.05, 3.63) is 39.7 Å². The average Bonchev–Trinajstić information content (AvgIpc) is 2.26. The molecule has 0 aliphatic rings. The summed E-state index contributed by atoms with van der Waals surface area (Å²) in [6.45, 7) is 3.86. The van der Waals surface area contributed by atoms with Crippen molar-refractivity contribution in [2.75, 3.05) is 0 Å². The van der Waals surface area contributed by atoms with Crippen molar-refractivity contribution in [2.45, 2.75) is 25.9 Å². The first kappa shape index (κ1) is 13.1. The highest BCUT2D eigenvalue weighted by Crippen LogP contribution is 2.16. The molecule has 17 heavy (non-hydrogen) atoms. The second kappa shape index (κ2) is 4.93. The summed E-state index contributed by atoms with van der Waals surface area (Å²) in [6.07, 6.45) is 5.28. The number of hydrogen-bond donors (Lipinski definition) is 1. The molecule has 1 N–H and O–H groups in total. The van der Waals surface area contributed by atoms with E-state index in [0.29, 0.717) is 5.56 Å². The summed E-state index contributed by atoms with van der Waals surface area (Å²) < 4.78 is 13.1. The van der Waals surface area contributed by atoms with Gasteiger partial charge in [-0.2, -0.15) is 0 Å². The van der Waals surface area contributed by atoms with Gasteiger partial charge in [0.05, 0.1) is 16.5 Å². The highest BCUT2D eigenvalue weighted by Gasteiger charge is 2.14. The molecule has 0 aromatic heterocycles. The molecule has 4 nitrogen and oxygen atoms in total. The maximum Gasteiger partial charge on any atom is 0.272 e. The van der Waals surface area contributed by atoms with Gasteiger partial charge in [-0.1, -0.05) is 5.92 Å². The summed E-state index contributed by atoms with van der Waals surface area (Å²) >= 11 is 0. The van der Waals surface area contributed by atoms with Gasteiger partial charge in [0.15, 0.2) is 0 Å². The quantitative estimate of drug-likeness (QED) is 0.495. The van der Waals surface area contributed by atoms with Gasteiger partial charge in [-0.25, -0.2) is 4.39 Å². The molecule has 0 radical (unpaired) electrons. The van der Waals surface area contributed by atoms with Crippen molar-refractivity contribution in [2.24, 2.45) is 0 Å². The van der Waals surface area contributed by atoms with Gasteiger partial charge in [-0.05, 0) is 25.5 Å². The fourth-order valence-electron chi connectivity index (χ4n) is 1.21. The number of rotatable bonds is 4. The number of nitro benzene ring substituents is 1. The minimum absolute atomic E-state index is 0.264. The zero-order valence-corrected chi connectivity index (χ0v) is 9.66. The van der Waals surface area contributed by atoms with Crippen LogP contribution in [0.4, 0.5) is 10.1 Å². The van der Waals surface area contributed by atoms with Gasteiger partial charge < -0.3 is 0 Å². The van der Waals surface area contributed by atoms with Crippen molar-refractivity contribution in [3.63, 3.8) is 0 Å². The summed E-state index contributed by atoms with van der Waals surface area (Å²) in [7, 11) is 0. The maximum atomic E-state index is 13.1. The maximum absolute atomic E-state index is 13.1. The third-order valence-electron chi connectivity index (χ3n) is 2.25. The van der Waals surface area contributed by atoms with Crippen LogP contribution in [0.25, 0.3) is 0 Å². The van der Waals surface area contributed by atoms with E-state index in [9.17, 15) is 14.5 Å². The van der Waals surface area contributed by atoms with Gasteiger partial charge in [0.2, 0.25) is 0 Å². The van der Waals surface area contributed by atoms with Crippen LogP contribution in [0.2, 0.25) is 0 Å². The molecule has 1 aromatic rings. The van der Waals surface area contributed by atoms with Crippen LogP contribution >= 0.6 is 0 Å². The molecule has 0 saturated carbocycles. The van der Waals surface area contributed by atoms with E-state index in [-0.39, 0.29) is 12.2 Å². The van der Waals surface area contributed by atoms with Crippen LogP contribution < -0.4 is 5.32 Å². The standard InChI is InChI=1S/C12H13FN2O2/c1-4-12(2,3)14-8-9-5-10(13)7-11(6-9)15(16)17/h1,5-7,14H,8H2,2-3H3. The molecule has 0 unspecified atom stereocenters. The number of nitrogens with one attached hydrogen (secondary N) is 1. The Morgan fingerprint density at radius 3 is 2.71 bits per heavy atom. The van der Waals surface area contributed by atoms with Crippen LogP contribution in [0.3, 0.4) is 0 Å². The molecule has 90 valence electrons. The summed E-state index contributed by atoms with van der Waals surface area (Å²) in [5.74, 6) is 1.89. The lowest BCUT2D eigenvalue weighted by Crippen LogP contribution is -2.36. The third-order valence-corrected chi connectivity index (χ3v) is 2.25. The molecule has 0 heterocycles. The van der Waals surface area contributed by atoms with E-state index in [1.807, 2.05) is 0 Å². The van der Waals surface area contributed by atoms with Gasteiger partial charge in [-0.3, -0.25) is 15.4 Å². The smallest absolute Gasteiger partial charge is 0.272 e. The van der Waals surface area contributed by atoms with E-state index in [1.165, 1.54) is 12.1 Å². The molecule has 0 bridgehead atoms. The Labute approximate surface area is 99.0 Å². The fourth-order valence-corrected chi connectivity index (χ4v) is 1.21. The molecule has 0 fully saturated rings. The molecule has 0 amide bonds. The zero-order valence-electron chi connectivity index (χ0n) is 9.66. The number of terminal acetylenes is 1. The third kappa shape index (κ3) is 3.85. The molecule has 0 saturated heterocycles. The first-order chi connectivity index (χ1) is 7.84. The normalized spacial score (nSPS) is 10.9. The lowest BCUT2D eigenvalue weighted by atomic mass is 10.1. The molecular weight excluding hydrogens is 223 g/mol. The number of nitro groups is 1. The lowest BCUT2D eigenvalue weighted by molar-refractivity contribution is -0.385. The predicted octanol–water partition coefficient (Wildman–Crippen LogP) is 2.24. The Balaban J connectivity index is 2.86.